The molecular formula is C23H28NO3PS. The van der Waals surface area contributed by atoms with Crippen molar-refractivity contribution in [1.82, 2.24) is 4.98 Å². The molecular weight excluding hydrogens is 401 g/mol. The Labute approximate surface area is 177 Å². The molecule has 3 aromatic rings. The van der Waals surface area contributed by atoms with Gasteiger partial charge in [-0.3, -0.25) is 4.57 Å². The Balaban J connectivity index is 1.67. The molecule has 0 radical (unpaired) electrons. The highest BCUT2D eigenvalue weighted by molar-refractivity contribution is 7.53. The van der Waals surface area contributed by atoms with Gasteiger partial charge >= 0.3 is 7.60 Å². The Morgan fingerprint density at radius 3 is 2.28 bits per heavy atom. The van der Waals surface area contributed by atoms with Crippen LogP contribution in [0.15, 0.2) is 60.0 Å². The van der Waals surface area contributed by atoms with Crippen molar-refractivity contribution in [2.45, 2.75) is 39.3 Å². The van der Waals surface area contributed by atoms with Crippen LogP contribution in [0.5, 0.6) is 0 Å². The van der Waals surface area contributed by atoms with E-state index in [9.17, 15) is 4.57 Å². The SMILES string of the molecule is CCOP(=O)(Cc1ccc(-c2nc(CC(C)c3ccccc3)cs2)cc1)OCC. The first kappa shape index (κ1) is 21.9. The van der Waals surface area contributed by atoms with E-state index in [1.165, 1.54) is 5.56 Å². The number of hydrogen-bond donors (Lipinski definition) is 0. The molecule has 0 fully saturated rings. The van der Waals surface area contributed by atoms with Gasteiger partial charge in [0.25, 0.3) is 0 Å². The minimum atomic E-state index is -3.08. The Morgan fingerprint density at radius 2 is 1.66 bits per heavy atom. The lowest BCUT2D eigenvalue weighted by atomic mass is 9.97. The zero-order chi connectivity index (χ0) is 20.7. The first-order valence-corrected chi connectivity index (χ1v) is 12.6. The van der Waals surface area contributed by atoms with Gasteiger partial charge in [0.15, 0.2) is 0 Å². The van der Waals surface area contributed by atoms with Gasteiger partial charge in [0.1, 0.15) is 5.01 Å². The lowest BCUT2D eigenvalue weighted by Gasteiger charge is -2.17. The number of benzene rings is 2. The number of hydrogen-bond acceptors (Lipinski definition) is 5. The van der Waals surface area contributed by atoms with Crippen LogP contribution in [-0.4, -0.2) is 18.2 Å². The summed E-state index contributed by atoms with van der Waals surface area (Å²) in [5.41, 5.74) is 4.45. The molecule has 3 rings (SSSR count). The lowest BCUT2D eigenvalue weighted by Crippen LogP contribution is -1.99. The molecule has 2 aromatic carbocycles. The third kappa shape index (κ3) is 6.10. The maximum Gasteiger partial charge on any atom is 0.335 e. The van der Waals surface area contributed by atoms with Gasteiger partial charge in [0.05, 0.1) is 25.1 Å². The number of rotatable bonds is 10. The summed E-state index contributed by atoms with van der Waals surface area (Å²) < 4.78 is 23.5. The van der Waals surface area contributed by atoms with E-state index in [1.807, 2.05) is 44.2 Å². The summed E-state index contributed by atoms with van der Waals surface area (Å²) in [5.74, 6) is 0.430. The Kier molecular flexibility index (Phi) is 7.79. The van der Waals surface area contributed by atoms with E-state index in [-0.39, 0.29) is 6.16 Å². The Morgan fingerprint density at radius 1 is 1.00 bits per heavy atom. The minimum Gasteiger partial charge on any atom is -0.309 e. The normalized spacial score (nSPS) is 12.8. The maximum atomic E-state index is 12.7. The van der Waals surface area contributed by atoms with Crippen molar-refractivity contribution in [2.75, 3.05) is 13.2 Å². The average Bonchev–Trinajstić information content (AvgIpc) is 3.18. The fourth-order valence-electron chi connectivity index (χ4n) is 3.24. The highest BCUT2D eigenvalue weighted by Gasteiger charge is 2.24. The molecule has 0 N–H and O–H groups in total. The largest absolute Gasteiger partial charge is 0.335 e. The lowest BCUT2D eigenvalue weighted by molar-refractivity contribution is 0.219. The van der Waals surface area contributed by atoms with Crippen molar-refractivity contribution in [3.8, 4) is 10.6 Å². The molecule has 0 spiro atoms. The molecule has 6 heteroatoms. The summed E-state index contributed by atoms with van der Waals surface area (Å²) in [6, 6.07) is 18.6. The Hall–Kier alpha value is -1.78. The molecule has 4 nitrogen and oxygen atoms in total. The summed E-state index contributed by atoms with van der Waals surface area (Å²) in [7, 11) is -3.08. The predicted octanol–water partition coefficient (Wildman–Crippen LogP) is 6.92. The van der Waals surface area contributed by atoms with Crippen LogP contribution in [0.4, 0.5) is 0 Å². The summed E-state index contributed by atoms with van der Waals surface area (Å²) in [6.07, 6.45) is 1.21. The van der Waals surface area contributed by atoms with Gasteiger partial charge in [-0.25, -0.2) is 4.98 Å². The highest BCUT2D eigenvalue weighted by Crippen LogP contribution is 2.51. The predicted molar refractivity (Wildman–Crippen MR) is 121 cm³/mol. The van der Waals surface area contributed by atoms with Gasteiger partial charge in [0, 0.05) is 10.9 Å². The van der Waals surface area contributed by atoms with E-state index in [2.05, 4.69) is 36.6 Å². The molecule has 0 aliphatic rings. The van der Waals surface area contributed by atoms with Gasteiger partial charge in [-0.1, -0.05) is 61.5 Å². The molecule has 0 saturated heterocycles. The van der Waals surface area contributed by atoms with Gasteiger partial charge in [0.2, 0.25) is 0 Å². The van der Waals surface area contributed by atoms with Crippen LogP contribution in [0.1, 0.15) is 43.5 Å². The zero-order valence-electron chi connectivity index (χ0n) is 17.2. The summed E-state index contributed by atoms with van der Waals surface area (Å²) >= 11 is 1.66. The minimum absolute atomic E-state index is 0.284. The second-order valence-electron chi connectivity index (χ2n) is 6.96. The third-order valence-electron chi connectivity index (χ3n) is 4.66. The van der Waals surface area contributed by atoms with Crippen LogP contribution < -0.4 is 0 Å². The maximum absolute atomic E-state index is 12.7. The number of thiazole rings is 1. The van der Waals surface area contributed by atoms with Crippen molar-refractivity contribution in [1.29, 1.82) is 0 Å². The fraction of sp³-hybridized carbons (Fsp3) is 0.348. The Bertz CT molecular complexity index is 930. The molecule has 0 bridgehead atoms. The van der Waals surface area contributed by atoms with Gasteiger partial charge in [-0.05, 0) is 37.3 Å². The zero-order valence-corrected chi connectivity index (χ0v) is 18.9. The highest BCUT2D eigenvalue weighted by atomic mass is 32.1. The molecule has 1 atom stereocenters. The summed E-state index contributed by atoms with van der Waals surface area (Å²) in [5, 5.41) is 3.14. The van der Waals surface area contributed by atoms with E-state index in [0.717, 1.165) is 28.2 Å². The fourth-order valence-corrected chi connectivity index (χ4v) is 5.79. The van der Waals surface area contributed by atoms with E-state index in [1.54, 1.807) is 11.3 Å². The summed E-state index contributed by atoms with van der Waals surface area (Å²) in [4.78, 5) is 4.82. The molecule has 0 saturated carbocycles. The second-order valence-corrected chi connectivity index (χ2v) is 9.87. The van der Waals surface area contributed by atoms with E-state index < -0.39 is 7.60 Å². The quantitative estimate of drug-likeness (QED) is 0.328. The molecule has 0 aliphatic carbocycles. The van der Waals surface area contributed by atoms with Crippen LogP contribution in [0.2, 0.25) is 0 Å². The molecule has 0 amide bonds. The van der Waals surface area contributed by atoms with Crippen molar-refractivity contribution in [3.63, 3.8) is 0 Å². The van der Waals surface area contributed by atoms with E-state index >= 15 is 0 Å². The van der Waals surface area contributed by atoms with Crippen molar-refractivity contribution in [3.05, 3.63) is 76.8 Å². The molecule has 29 heavy (non-hydrogen) atoms. The number of aromatic nitrogens is 1. The smallest absolute Gasteiger partial charge is 0.309 e. The monoisotopic (exact) mass is 429 g/mol. The van der Waals surface area contributed by atoms with Crippen LogP contribution in [0.3, 0.4) is 0 Å². The van der Waals surface area contributed by atoms with E-state index in [0.29, 0.717) is 19.1 Å². The average molecular weight is 430 g/mol. The van der Waals surface area contributed by atoms with Crippen LogP contribution >= 0.6 is 18.9 Å². The molecule has 1 aromatic heterocycles. The van der Waals surface area contributed by atoms with E-state index in [4.69, 9.17) is 14.0 Å². The van der Waals surface area contributed by atoms with Crippen LogP contribution in [0.25, 0.3) is 10.6 Å². The van der Waals surface area contributed by atoms with Crippen molar-refractivity contribution >= 4 is 18.9 Å². The first-order valence-electron chi connectivity index (χ1n) is 9.99. The second kappa shape index (κ2) is 10.3. The van der Waals surface area contributed by atoms with Gasteiger partial charge in [-0.2, -0.15) is 0 Å². The summed E-state index contributed by atoms with van der Waals surface area (Å²) in [6.45, 7) is 6.64. The topological polar surface area (TPSA) is 48.4 Å². The van der Waals surface area contributed by atoms with Crippen molar-refractivity contribution < 1.29 is 13.6 Å². The first-order chi connectivity index (χ1) is 14.0. The third-order valence-corrected chi connectivity index (χ3v) is 7.66. The molecule has 1 unspecified atom stereocenters. The van der Waals surface area contributed by atoms with Gasteiger partial charge in [-0.15, -0.1) is 11.3 Å². The van der Waals surface area contributed by atoms with Crippen molar-refractivity contribution in [2.24, 2.45) is 0 Å². The number of nitrogens with zero attached hydrogens (tertiary/aromatic N) is 1. The standard InChI is InChI=1S/C23H28NO3PS/c1-4-26-28(25,27-5-2)16-19-11-13-21(14-12-19)23-24-22(17-29-23)15-18(3)20-9-7-6-8-10-20/h6-14,17-18H,4-5,15-16H2,1-3H3. The molecule has 0 aliphatic heterocycles. The van der Waals surface area contributed by atoms with Crippen LogP contribution in [-0.2, 0) is 26.2 Å². The molecule has 154 valence electrons. The van der Waals surface area contributed by atoms with Gasteiger partial charge < -0.3 is 9.05 Å². The van der Waals surface area contributed by atoms with Crippen LogP contribution in [0, 0.1) is 0 Å². The molecule has 1 heterocycles.